The van der Waals surface area contributed by atoms with E-state index in [0.717, 1.165) is 30.0 Å². The van der Waals surface area contributed by atoms with Crippen molar-refractivity contribution in [2.45, 2.75) is 17.4 Å². The highest BCUT2D eigenvalue weighted by atomic mass is 32.2. The molecule has 18 heavy (non-hydrogen) atoms. The van der Waals surface area contributed by atoms with Gasteiger partial charge < -0.3 is 15.4 Å². The summed E-state index contributed by atoms with van der Waals surface area (Å²) in [7, 11) is 3.48. The van der Waals surface area contributed by atoms with E-state index < -0.39 is 6.04 Å². The molecular weight excluding hydrogens is 248 g/mol. The first-order valence-corrected chi connectivity index (χ1v) is 6.92. The third-order valence-electron chi connectivity index (χ3n) is 3.06. The lowest BCUT2D eigenvalue weighted by atomic mass is 10.1. The molecule has 1 aliphatic heterocycles. The number of fused-ring (bicyclic) bond motifs is 1. The van der Waals surface area contributed by atoms with Crippen LogP contribution in [0.5, 0.6) is 0 Å². The number of nitrogens with two attached hydrogens (primary N) is 1. The molecule has 4 nitrogen and oxygen atoms in total. The summed E-state index contributed by atoms with van der Waals surface area (Å²) in [6.07, 6.45) is 1.02. The van der Waals surface area contributed by atoms with E-state index in [9.17, 15) is 4.79 Å². The highest BCUT2D eigenvalue weighted by Crippen LogP contribution is 2.36. The predicted molar refractivity (Wildman–Crippen MR) is 74.0 cm³/mol. The van der Waals surface area contributed by atoms with Crippen molar-refractivity contribution in [3.8, 4) is 0 Å². The second-order valence-corrected chi connectivity index (χ2v) is 5.46. The average molecular weight is 266 g/mol. The molecule has 1 aliphatic rings. The van der Waals surface area contributed by atoms with Gasteiger partial charge in [0.25, 0.3) is 0 Å². The van der Waals surface area contributed by atoms with Gasteiger partial charge >= 0.3 is 0 Å². The predicted octanol–water partition coefficient (Wildman–Crippen LogP) is 1.79. The zero-order chi connectivity index (χ0) is 13.1. The second-order valence-electron chi connectivity index (χ2n) is 4.29. The van der Waals surface area contributed by atoms with Gasteiger partial charge in [0.1, 0.15) is 6.04 Å². The topological polar surface area (TPSA) is 55.6 Å². The number of amides is 1. The molecule has 0 aromatic heterocycles. The van der Waals surface area contributed by atoms with E-state index in [2.05, 4.69) is 0 Å². The minimum Gasteiger partial charge on any atom is -0.385 e. The molecule has 1 atom stereocenters. The minimum atomic E-state index is -0.502. The van der Waals surface area contributed by atoms with Crippen LogP contribution in [0.1, 0.15) is 18.0 Å². The molecule has 0 fully saturated rings. The lowest BCUT2D eigenvalue weighted by Crippen LogP contribution is -2.27. The van der Waals surface area contributed by atoms with E-state index in [-0.39, 0.29) is 5.91 Å². The Balaban J connectivity index is 2.07. The van der Waals surface area contributed by atoms with E-state index in [0.29, 0.717) is 0 Å². The summed E-state index contributed by atoms with van der Waals surface area (Å²) in [5.74, 6) is 0.975. The van der Waals surface area contributed by atoms with Crippen LogP contribution in [-0.2, 0) is 9.53 Å². The number of anilines is 1. The fourth-order valence-electron chi connectivity index (χ4n) is 2.02. The third kappa shape index (κ3) is 2.53. The van der Waals surface area contributed by atoms with Crippen LogP contribution < -0.4 is 10.6 Å². The lowest BCUT2D eigenvalue weighted by Gasteiger charge is -2.11. The van der Waals surface area contributed by atoms with Crippen LogP contribution in [-0.4, -0.2) is 32.4 Å². The van der Waals surface area contributed by atoms with Crippen LogP contribution in [0.4, 0.5) is 5.69 Å². The number of methoxy groups -OCH3 is 1. The zero-order valence-corrected chi connectivity index (χ0v) is 11.5. The van der Waals surface area contributed by atoms with Gasteiger partial charge in [0, 0.05) is 42.7 Å². The van der Waals surface area contributed by atoms with Crippen molar-refractivity contribution in [3.05, 3.63) is 23.8 Å². The molecule has 0 bridgehead atoms. The Morgan fingerprint density at radius 1 is 1.50 bits per heavy atom. The number of carbonyl (C=O) groups is 1. The molecule has 1 amide bonds. The van der Waals surface area contributed by atoms with Gasteiger partial charge in [0.2, 0.25) is 5.91 Å². The fraction of sp³-hybridized carbons (Fsp3) is 0.462. The van der Waals surface area contributed by atoms with Crippen molar-refractivity contribution in [2.75, 3.05) is 31.4 Å². The summed E-state index contributed by atoms with van der Waals surface area (Å²) >= 11 is 1.77. The van der Waals surface area contributed by atoms with Gasteiger partial charge in [-0.05, 0) is 18.6 Å². The Labute approximate surface area is 111 Å². The summed E-state index contributed by atoms with van der Waals surface area (Å²) in [5.41, 5.74) is 7.71. The first-order valence-electron chi connectivity index (χ1n) is 5.94. The van der Waals surface area contributed by atoms with Gasteiger partial charge in [0.15, 0.2) is 0 Å². The normalized spacial score (nSPS) is 18.3. The van der Waals surface area contributed by atoms with E-state index in [1.54, 1.807) is 30.8 Å². The number of rotatable bonds is 5. The lowest BCUT2D eigenvalue weighted by molar-refractivity contribution is -0.118. The largest absolute Gasteiger partial charge is 0.385 e. The number of carbonyl (C=O) groups excluding carboxylic acids is 1. The van der Waals surface area contributed by atoms with Crippen molar-refractivity contribution in [3.63, 3.8) is 0 Å². The van der Waals surface area contributed by atoms with Gasteiger partial charge in [-0.25, -0.2) is 0 Å². The highest BCUT2D eigenvalue weighted by molar-refractivity contribution is 7.99. The van der Waals surface area contributed by atoms with Crippen LogP contribution in [0.25, 0.3) is 0 Å². The summed E-state index contributed by atoms with van der Waals surface area (Å²) in [4.78, 5) is 14.6. The van der Waals surface area contributed by atoms with Crippen molar-refractivity contribution in [2.24, 2.45) is 5.73 Å². The van der Waals surface area contributed by atoms with Crippen LogP contribution >= 0.6 is 11.8 Å². The van der Waals surface area contributed by atoms with Gasteiger partial charge in [-0.1, -0.05) is 6.07 Å². The Morgan fingerprint density at radius 2 is 2.28 bits per heavy atom. The molecule has 1 aromatic rings. The third-order valence-corrected chi connectivity index (χ3v) is 4.14. The number of hydrogen-bond acceptors (Lipinski definition) is 4. The molecule has 98 valence electrons. The highest BCUT2D eigenvalue weighted by Gasteiger charge is 2.32. The van der Waals surface area contributed by atoms with E-state index in [4.69, 9.17) is 10.5 Å². The Morgan fingerprint density at radius 3 is 3.00 bits per heavy atom. The standard InChI is InChI=1S/C13H18N2O2S/c1-15-11-8-9(18-7-3-6-17-2)4-5-10(11)12(14)13(15)16/h4-5,8,12H,3,6-7,14H2,1-2H3. The number of benzene rings is 1. The van der Waals surface area contributed by atoms with Crippen molar-refractivity contribution >= 4 is 23.4 Å². The van der Waals surface area contributed by atoms with Crippen LogP contribution in [0.15, 0.2) is 23.1 Å². The van der Waals surface area contributed by atoms with Crippen molar-refractivity contribution in [1.29, 1.82) is 0 Å². The first kappa shape index (κ1) is 13.4. The molecule has 5 heteroatoms. The molecule has 1 aromatic carbocycles. The Hall–Kier alpha value is -1.04. The van der Waals surface area contributed by atoms with E-state index in [1.165, 1.54) is 4.90 Å². The maximum atomic E-state index is 11.8. The molecule has 2 N–H and O–H groups in total. The van der Waals surface area contributed by atoms with Crippen LogP contribution in [0.3, 0.4) is 0 Å². The maximum Gasteiger partial charge on any atom is 0.248 e. The van der Waals surface area contributed by atoms with Gasteiger partial charge in [-0.3, -0.25) is 4.79 Å². The minimum absolute atomic E-state index is 0.0356. The number of nitrogens with zero attached hydrogens (tertiary/aromatic N) is 1. The fourth-order valence-corrected chi connectivity index (χ4v) is 2.88. The molecule has 0 saturated heterocycles. The molecule has 1 heterocycles. The smallest absolute Gasteiger partial charge is 0.248 e. The maximum absolute atomic E-state index is 11.8. The first-order chi connectivity index (χ1) is 8.65. The van der Waals surface area contributed by atoms with Crippen molar-refractivity contribution in [1.82, 2.24) is 0 Å². The molecule has 1 unspecified atom stereocenters. The molecule has 0 aliphatic carbocycles. The van der Waals surface area contributed by atoms with Gasteiger partial charge in [-0.2, -0.15) is 0 Å². The van der Waals surface area contributed by atoms with Crippen molar-refractivity contribution < 1.29 is 9.53 Å². The molecular formula is C13H18N2O2S. The summed E-state index contributed by atoms with van der Waals surface area (Å²) in [5, 5.41) is 0. The summed E-state index contributed by atoms with van der Waals surface area (Å²) in [6.45, 7) is 0.779. The average Bonchev–Trinajstić information content (AvgIpc) is 2.60. The molecule has 0 radical (unpaired) electrons. The molecule has 2 rings (SSSR count). The quantitative estimate of drug-likeness (QED) is 0.652. The van der Waals surface area contributed by atoms with E-state index in [1.807, 2.05) is 18.2 Å². The Bertz CT molecular complexity index is 451. The van der Waals surface area contributed by atoms with Gasteiger partial charge in [-0.15, -0.1) is 11.8 Å². The SMILES string of the molecule is COCCCSc1ccc2c(c1)N(C)C(=O)C2N. The number of ether oxygens (including phenoxy) is 1. The van der Waals surface area contributed by atoms with Gasteiger partial charge in [0.05, 0.1) is 0 Å². The number of likely N-dealkylation sites (N-methyl/N-ethyl adjacent to an activating group) is 1. The van der Waals surface area contributed by atoms with Crippen LogP contribution in [0, 0.1) is 0 Å². The monoisotopic (exact) mass is 266 g/mol. The summed E-state index contributed by atoms with van der Waals surface area (Å²) < 4.78 is 5.02. The molecule has 0 spiro atoms. The van der Waals surface area contributed by atoms with E-state index >= 15 is 0 Å². The number of hydrogen-bond donors (Lipinski definition) is 1. The number of thioether (sulfide) groups is 1. The van der Waals surface area contributed by atoms with Crippen LogP contribution in [0.2, 0.25) is 0 Å². The summed E-state index contributed by atoms with van der Waals surface area (Å²) in [6, 6.07) is 5.53. The second kappa shape index (κ2) is 5.73. The Kier molecular flexibility index (Phi) is 4.27. The zero-order valence-electron chi connectivity index (χ0n) is 10.7. The molecule has 0 saturated carbocycles.